The fraction of sp³-hybridized carbons (Fsp3) is 0.875. The lowest BCUT2D eigenvalue weighted by Gasteiger charge is -2.23. The van der Waals surface area contributed by atoms with E-state index < -0.39 is 0 Å². The van der Waals surface area contributed by atoms with Gasteiger partial charge in [-0.1, -0.05) is 45.4 Å². The fourth-order valence-corrected chi connectivity index (χ4v) is 2.91. The first-order valence-corrected chi connectivity index (χ1v) is 7.53. The van der Waals surface area contributed by atoms with Crippen molar-refractivity contribution in [2.75, 3.05) is 6.54 Å². The van der Waals surface area contributed by atoms with Crippen molar-refractivity contribution in [3.63, 3.8) is 0 Å². The van der Waals surface area contributed by atoms with Crippen molar-refractivity contribution in [3.05, 3.63) is 0 Å². The zero-order chi connectivity index (χ0) is 12.3. The van der Waals surface area contributed by atoms with Crippen LogP contribution < -0.4 is 5.32 Å². The second-order valence-electron chi connectivity index (χ2n) is 5.49. The average molecular weight is 235 g/mol. The predicted molar refractivity (Wildman–Crippen MR) is 76.0 cm³/mol. The summed E-state index contributed by atoms with van der Waals surface area (Å²) in [6, 6.07) is 0.661. The molecule has 0 heterocycles. The molecule has 1 aliphatic carbocycles. The maximum atomic E-state index is 5.39. The van der Waals surface area contributed by atoms with Gasteiger partial charge in [0.25, 0.3) is 0 Å². The Morgan fingerprint density at radius 2 is 1.94 bits per heavy atom. The van der Waals surface area contributed by atoms with Crippen molar-refractivity contribution in [2.45, 2.75) is 77.2 Å². The topological polar surface area (TPSA) is 12.0 Å². The average Bonchev–Trinajstić information content (AvgIpc) is 2.61. The lowest BCUT2D eigenvalue weighted by molar-refractivity contribution is 0.341. The smallest absolute Gasteiger partial charge is 0.0101 e. The molecule has 1 atom stereocenters. The molecule has 0 aliphatic heterocycles. The van der Waals surface area contributed by atoms with Gasteiger partial charge in [0.05, 0.1) is 0 Å². The minimum absolute atomic E-state index is 0.661. The van der Waals surface area contributed by atoms with Gasteiger partial charge in [-0.2, -0.15) is 0 Å². The molecular weight excluding hydrogens is 206 g/mol. The molecule has 1 saturated carbocycles. The van der Waals surface area contributed by atoms with E-state index in [-0.39, 0.29) is 0 Å². The lowest BCUT2D eigenvalue weighted by Crippen LogP contribution is -2.31. The quantitative estimate of drug-likeness (QED) is 0.517. The van der Waals surface area contributed by atoms with Crippen LogP contribution in [0.5, 0.6) is 0 Å². The van der Waals surface area contributed by atoms with E-state index in [0.717, 1.165) is 25.3 Å². The predicted octanol–water partition coefficient (Wildman–Crippen LogP) is 4.13. The Hall–Kier alpha value is -0.480. The fourth-order valence-electron chi connectivity index (χ4n) is 2.91. The summed E-state index contributed by atoms with van der Waals surface area (Å²) in [5, 5.41) is 3.68. The van der Waals surface area contributed by atoms with Gasteiger partial charge in [0.2, 0.25) is 0 Å². The molecule has 1 unspecified atom stereocenters. The van der Waals surface area contributed by atoms with Crippen LogP contribution in [0.2, 0.25) is 0 Å². The highest BCUT2D eigenvalue weighted by molar-refractivity contribution is 4.86. The zero-order valence-corrected chi connectivity index (χ0v) is 11.5. The Kier molecular flexibility index (Phi) is 8.18. The zero-order valence-electron chi connectivity index (χ0n) is 11.5. The van der Waals surface area contributed by atoms with Crippen molar-refractivity contribution in [1.82, 2.24) is 5.32 Å². The Morgan fingerprint density at radius 3 is 2.53 bits per heavy atom. The molecule has 1 aliphatic rings. The van der Waals surface area contributed by atoms with Crippen molar-refractivity contribution >= 4 is 0 Å². The maximum absolute atomic E-state index is 5.39. The highest BCUT2D eigenvalue weighted by atomic mass is 14.9. The summed E-state index contributed by atoms with van der Waals surface area (Å²) in [6.07, 6.45) is 18.7. The van der Waals surface area contributed by atoms with E-state index in [1.54, 1.807) is 0 Å². The van der Waals surface area contributed by atoms with Crippen LogP contribution >= 0.6 is 0 Å². The molecule has 98 valence electrons. The van der Waals surface area contributed by atoms with E-state index in [1.807, 2.05) is 0 Å². The van der Waals surface area contributed by atoms with Crippen LogP contribution in [0.4, 0.5) is 0 Å². The summed E-state index contributed by atoms with van der Waals surface area (Å²) < 4.78 is 0. The van der Waals surface area contributed by atoms with Crippen LogP contribution in [0.25, 0.3) is 0 Å². The van der Waals surface area contributed by atoms with Gasteiger partial charge in [-0.25, -0.2) is 0 Å². The first kappa shape index (κ1) is 14.6. The number of hydrogen-bond donors (Lipinski definition) is 1. The molecule has 17 heavy (non-hydrogen) atoms. The van der Waals surface area contributed by atoms with Gasteiger partial charge in [-0.3, -0.25) is 0 Å². The van der Waals surface area contributed by atoms with Crippen molar-refractivity contribution in [1.29, 1.82) is 0 Å². The third-order valence-corrected chi connectivity index (χ3v) is 3.91. The first-order chi connectivity index (χ1) is 8.36. The second kappa shape index (κ2) is 9.54. The normalized spacial score (nSPS) is 19.5. The summed E-state index contributed by atoms with van der Waals surface area (Å²) in [5.74, 6) is 3.73. The summed E-state index contributed by atoms with van der Waals surface area (Å²) in [5.41, 5.74) is 0. The van der Waals surface area contributed by atoms with Crippen LogP contribution in [-0.2, 0) is 0 Å². The maximum Gasteiger partial charge on any atom is 0.0101 e. The van der Waals surface area contributed by atoms with E-state index in [2.05, 4.69) is 18.2 Å². The van der Waals surface area contributed by atoms with Crippen molar-refractivity contribution in [3.8, 4) is 12.3 Å². The first-order valence-electron chi connectivity index (χ1n) is 7.53. The molecule has 1 heteroatoms. The molecule has 0 radical (unpaired) electrons. The van der Waals surface area contributed by atoms with Crippen LogP contribution in [-0.4, -0.2) is 12.6 Å². The van der Waals surface area contributed by atoms with Crippen LogP contribution in [0, 0.1) is 18.3 Å². The minimum atomic E-state index is 0.661. The van der Waals surface area contributed by atoms with Gasteiger partial charge in [-0.05, 0) is 31.7 Å². The van der Waals surface area contributed by atoms with E-state index in [4.69, 9.17) is 6.42 Å². The second-order valence-corrected chi connectivity index (χ2v) is 5.49. The summed E-state index contributed by atoms with van der Waals surface area (Å²) in [6.45, 7) is 3.37. The third kappa shape index (κ3) is 6.74. The van der Waals surface area contributed by atoms with Gasteiger partial charge < -0.3 is 5.32 Å². The molecule has 0 amide bonds. The highest BCUT2D eigenvalue weighted by Crippen LogP contribution is 2.27. The minimum Gasteiger partial charge on any atom is -0.314 e. The number of nitrogens with one attached hydrogen (secondary N) is 1. The van der Waals surface area contributed by atoms with Gasteiger partial charge in [0.15, 0.2) is 0 Å². The summed E-state index contributed by atoms with van der Waals surface area (Å²) in [7, 11) is 0. The molecule has 1 fully saturated rings. The monoisotopic (exact) mass is 235 g/mol. The molecule has 0 aromatic heterocycles. The van der Waals surface area contributed by atoms with Gasteiger partial charge in [0, 0.05) is 12.5 Å². The molecule has 0 bridgehead atoms. The van der Waals surface area contributed by atoms with Gasteiger partial charge in [0.1, 0.15) is 0 Å². The van der Waals surface area contributed by atoms with E-state index in [0.29, 0.717) is 6.04 Å². The number of rotatable bonds is 7. The Labute approximate surface area is 108 Å². The standard InChI is InChI=1S/C16H29N/c1-3-5-12-16(17-13-4-2)14-15-10-8-6-7-9-11-15/h1,15-17H,4-14H2,2H3. The van der Waals surface area contributed by atoms with Crippen molar-refractivity contribution in [2.24, 2.45) is 5.92 Å². The van der Waals surface area contributed by atoms with Gasteiger partial charge in [-0.15, -0.1) is 12.3 Å². The molecule has 1 rings (SSSR count). The Balaban J connectivity index is 2.31. The SMILES string of the molecule is C#CCCC(CC1CCCCCC1)NCCC. The summed E-state index contributed by atoms with van der Waals surface area (Å²) >= 11 is 0. The Morgan fingerprint density at radius 1 is 1.24 bits per heavy atom. The van der Waals surface area contributed by atoms with E-state index in [9.17, 15) is 0 Å². The van der Waals surface area contributed by atoms with Crippen molar-refractivity contribution < 1.29 is 0 Å². The van der Waals surface area contributed by atoms with Gasteiger partial charge >= 0.3 is 0 Å². The molecule has 0 aromatic carbocycles. The third-order valence-electron chi connectivity index (χ3n) is 3.91. The van der Waals surface area contributed by atoms with Crippen LogP contribution in [0.1, 0.15) is 71.1 Å². The van der Waals surface area contributed by atoms with E-state index >= 15 is 0 Å². The molecule has 0 saturated heterocycles. The molecule has 1 N–H and O–H groups in total. The molecule has 0 aromatic rings. The summed E-state index contributed by atoms with van der Waals surface area (Å²) in [4.78, 5) is 0. The lowest BCUT2D eigenvalue weighted by atomic mass is 9.91. The highest BCUT2D eigenvalue weighted by Gasteiger charge is 2.17. The Bertz CT molecular complexity index is 208. The largest absolute Gasteiger partial charge is 0.314 e. The molecular formula is C16H29N. The number of terminal acetylenes is 1. The van der Waals surface area contributed by atoms with E-state index in [1.165, 1.54) is 51.4 Å². The molecule has 0 spiro atoms. The molecule has 1 nitrogen and oxygen atoms in total. The van der Waals surface area contributed by atoms with Crippen LogP contribution in [0.15, 0.2) is 0 Å². The number of hydrogen-bond acceptors (Lipinski definition) is 1. The van der Waals surface area contributed by atoms with Crippen LogP contribution in [0.3, 0.4) is 0 Å².